The van der Waals surface area contributed by atoms with Gasteiger partial charge in [-0.15, -0.1) is 11.8 Å². The molecule has 0 spiro atoms. The van der Waals surface area contributed by atoms with Gasteiger partial charge in [0.1, 0.15) is 5.56 Å². The van der Waals surface area contributed by atoms with Crippen LogP contribution in [0.4, 0.5) is 0 Å². The Balaban J connectivity index is 2.07. The number of thioether (sulfide) groups is 1. The number of methoxy groups -OCH3 is 1. The fraction of sp³-hybridized carbons (Fsp3) is 0.467. The molecule has 0 saturated carbocycles. The Morgan fingerprint density at radius 3 is 2.74 bits per heavy atom. The van der Waals surface area contributed by atoms with Gasteiger partial charge in [-0.3, -0.25) is 9.59 Å². The molecule has 1 aromatic rings. The lowest BCUT2D eigenvalue weighted by Gasteiger charge is -2.11. The molecule has 0 bridgehead atoms. The lowest BCUT2D eigenvalue weighted by Crippen LogP contribution is -2.18. The molecule has 0 amide bonds. The molecule has 124 valence electrons. The molecular weight excluding hydrogens is 320 g/mol. The monoisotopic (exact) mass is 338 g/mol. The molecule has 2 rings (SSSR count). The maximum atomic E-state index is 12.5. The molecule has 8 heteroatoms. The third-order valence-corrected chi connectivity index (χ3v) is 4.37. The Kier molecular flexibility index (Phi) is 5.73. The first-order valence-electron chi connectivity index (χ1n) is 7.12. The van der Waals surface area contributed by atoms with E-state index in [4.69, 9.17) is 4.52 Å². The van der Waals surface area contributed by atoms with E-state index in [1.807, 2.05) is 14.1 Å². The summed E-state index contributed by atoms with van der Waals surface area (Å²) >= 11 is 1.31. The van der Waals surface area contributed by atoms with Crippen molar-refractivity contribution in [2.75, 3.05) is 33.5 Å². The highest BCUT2D eigenvalue weighted by molar-refractivity contribution is 8.04. The number of Topliss-reactive ketones (excluding diaryl/α,β-unsaturated/α-hetero) is 1. The predicted molar refractivity (Wildman–Crippen MR) is 84.8 cm³/mol. The van der Waals surface area contributed by atoms with Crippen molar-refractivity contribution in [1.29, 1.82) is 0 Å². The molecule has 1 aliphatic carbocycles. The summed E-state index contributed by atoms with van der Waals surface area (Å²) < 4.78 is 9.39. The Hall–Kier alpha value is -1.93. The first-order valence-corrected chi connectivity index (χ1v) is 8.10. The van der Waals surface area contributed by atoms with Crippen LogP contribution in [0.3, 0.4) is 0 Å². The number of carbonyl (C=O) groups excluding carboxylic acids is 3. The van der Waals surface area contributed by atoms with E-state index in [0.717, 1.165) is 19.4 Å². The molecule has 0 unspecified atom stereocenters. The summed E-state index contributed by atoms with van der Waals surface area (Å²) in [5.74, 6) is -1.16. The summed E-state index contributed by atoms with van der Waals surface area (Å²) in [5, 5.41) is 3.49. The van der Waals surface area contributed by atoms with Crippen LogP contribution in [0.25, 0.3) is 0 Å². The van der Waals surface area contributed by atoms with Gasteiger partial charge in [0.05, 0.1) is 12.0 Å². The molecule has 1 aliphatic rings. The summed E-state index contributed by atoms with van der Waals surface area (Å²) in [6, 6.07) is 0. The van der Waals surface area contributed by atoms with Gasteiger partial charge in [0.2, 0.25) is 23.0 Å². The van der Waals surface area contributed by atoms with Gasteiger partial charge in [0.15, 0.2) is 0 Å². The summed E-state index contributed by atoms with van der Waals surface area (Å²) in [4.78, 5) is 38.5. The Labute approximate surface area is 138 Å². The van der Waals surface area contributed by atoms with Crippen LogP contribution in [-0.4, -0.2) is 61.1 Å². The van der Waals surface area contributed by atoms with Gasteiger partial charge in [0, 0.05) is 6.08 Å². The molecule has 0 atom stereocenters. The van der Waals surface area contributed by atoms with Gasteiger partial charge in [-0.2, -0.15) is 0 Å². The molecule has 1 heterocycles. The lowest BCUT2D eigenvalue weighted by molar-refractivity contribution is 0.0586. The van der Waals surface area contributed by atoms with E-state index < -0.39 is 17.5 Å². The van der Waals surface area contributed by atoms with E-state index >= 15 is 0 Å². The predicted octanol–water partition coefficient (Wildman–Crippen LogP) is 1.80. The van der Waals surface area contributed by atoms with Crippen molar-refractivity contribution in [3.8, 4) is 0 Å². The molecule has 7 nitrogen and oxygen atoms in total. The van der Waals surface area contributed by atoms with Gasteiger partial charge in [-0.1, -0.05) is 5.16 Å². The first-order chi connectivity index (χ1) is 11.0. The molecule has 0 aliphatic heterocycles. The first kappa shape index (κ1) is 17.4. The topological polar surface area (TPSA) is 89.7 Å². The molecule has 23 heavy (non-hydrogen) atoms. The van der Waals surface area contributed by atoms with Crippen molar-refractivity contribution >= 4 is 29.3 Å². The molecule has 0 fully saturated rings. The molecule has 1 aromatic heterocycles. The molecule has 0 saturated heterocycles. The normalized spacial score (nSPS) is 14.0. The maximum Gasteiger partial charge on any atom is 0.361 e. The van der Waals surface area contributed by atoms with Crippen LogP contribution in [0, 0.1) is 0 Å². The average molecular weight is 338 g/mol. The highest BCUT2D eigenvalue weighted by atomic mass is 32.2. The van der Waals surface area contributed by atoms with E-state index in [2.05, 4.69) is 14.8 Å². The van der Waals surface area contributed by atoms with Gasteiger partial charge < -0.3 is 14.2 Å². The third kappa shape index (κ3) is 3.89. The zero-order chi connectivity index (χ0) is 17.0. The van der Waals surface area contributed by atoms with Gasteiger partial charge >= 0.3 is 5.97 Å². The van der Waals surface area contributed by atoms with Crippen molar-refractivity contribution in [2.24, 2.45) is 0 Å². The average Bonchev–Trinajstić information content (AvgIpc) is 2.96. The van der Waals surface area contributed by atoms with Crippen LogP contribution in [-0.2, 0) is 4.74 Å². The highest BCUT2D eigenvalue weighted by Gasteiger charge is 2.36. The van der Waals surface area contributed by atoms with Crippen LogP contribution in [0.5, 0.6) is 0 Å². The Bertz CT molecular complexity index is 663. The molecule has 0 aromatic carbocycles. The Morgan fingerprint density at radius 2 is 2.09 bits per heavy atom. The van der Waals surface area contributed by atoms with E-state index in [-0.39, 0.29) is 17.0 Å². The SMILES string of the molecule is COC(=O)c1noc2c1C(=O)C(SCCCCN(C)C)=CC2=O. The second kappa shape index (κ2) is 7.56. The number of fused-ring (bicyclic) bond motifs is 1. The molecule has 0 radical (unpaired) electrons. The second-order valence-corrected chi connectivity index (χ2v) is 6.42. The zero-order valence-electron chi connectivity index (χ0n) is 13.2. The van der Waals surface area contributed by atoms with Crippen molar-refractivity contribution in [3.05, 3.63) is 28.0 Å². The minimum atomic E-state index is -0.798. The number of ketones is 2. The van der Waals surface area contributed by atoms with Gasteiger partial charge in [0.25, 0.3) is 0 Å². The van der Waals surface area contributed by atoms with Crippen LogP contribution in [0.2, 0.25) is 0 Å². The van der Waals surface area contributed by atoms with E-state index in [9.17, 15) is 14.4 Å². The van der Waals surface area contributed by atoms with E-state index in [1.165, 1.54) is 24.9 Å². The number of nitrogens with zero attached hydrogens (tertiary/aromatic N) is 2. The van der Waals surface area contributed by atoms with Crippen LogP contribution < -0.4 is 0 Å². The number of hydrogen-bond donors (Lipinski definition) is 0. The number of rotatable bonds is 7. The highest BCUT2D eigenvalue weighted by Crippen LogP contribution is 2.31. The van der Waals surface area contributed by atoms with Crippen LogP contribution in [0.1, 0.15) is 44.2 Å². The Morgan fingerprint density at radius 1 is 1.35 bits per heavy atom. The number of carbonyl (C=O) groups is 3. The maximum absolute atomic E-state index is 12.5. The van der Waals surface area contributed by atoms with Gasteiger partial charge in [-0.25, -0.2) is 4.79 Å². The summed E-state index contributed by atoms with van der Waals surface area (Å²) in [5.41, 5.74) is -0.347. The summed E-state index contributed by atoms with van der Waals surface area (Å²) in [6.45, 7) is 0.967. The van der Waals surface area contributed by atoms with Crippen molar-refractivity contribution in [1.82, 2.24) is 10.1 Å². The second-order valence-electron chi connectivity index (χ2n) is 5.29. The lowest BCUT2D eigenvalue weighted by atomic mass is 10.00. The quantitative estimate of drug-likeness (QED) is 0.549. The number of esters is 1. The number of aromatic nitrogens is 1. The zero-order valence-corrected chi connectivity index (χ0v) is 14.1. The molecular formula is C15H18N2O5S. The van der Waals surface area contributed by atoms with Crippen LogP contribution in [0.15, 0.2) is 15.5 Å². The number of unbranched alkanes of at least 4 members (excludes halogenated alkanes) is 1. The smallest absolute Gasteiger partial charge is 0.361 e. The number of hydrogen-bond acceptors (Lipinski definition) is 8. The minimum absolute atomic E-state index is 0.0971. The standard InChI is InChI=1S/C15H18N2O5S/c1-17(2)6-4-5-7-23-10-8-9(18)14-11(13(10)19)12(16-22-14)15(20)21-3/h8H,4-7H2,1-3H3. The summed E-state index contributed by atoms with van der Waals surface area (Å²) in [7, 11) is 5.18. The largest absolute Gasteiger partial charge is 0.464 e. The minimum Gasteiger partial charge on any atom is -0.464 e. The van der Waals surface area contributed by atoms with Gasteiger partial charge in [-0.05, 0) is 39.2 Å². The number of ether oxygens (including phenoxy) is 1. The van der Waals surface area contributed by atoms with Crippen molar-refractivity contribution < 1.29 is 23.6 Å². The molecule has 0 N–H and O–H groups in total. The fourth-order valence-electron chi connectivity index (χ4n) is 2.10. The summed E-state index contributed by atoms with van der Waals surface area (Å²) in [6.07, 6.45) is 3.16. The fourth-order valence-corrected chi connectivity index (χ4v) is 3.09. The third-order valence-electron chi connectivity index (χ3n) is 3.26. The van der Waals surface area contributed by atoms with E-state index in [0.29, 0.717) is 10.7 Å². The number of allylic oxidation sites excluding steroid dienone is 2. The van der Waals surface area contributed by atoms with Crippen LogP contribution >= 0.6 is 11.8 Å². The van der Waals surface area contributed by atoms with E-state index in [1.54, 1.807) is 0 Å². The van der Waals surface area contributed by atoms with Crippen molar-refractivity contribution in [3.63, 3.8) is 0 Å². The van der Waals surface area contributed by atoms with Crippen molar-refractivity contribution in [2.45, 2.75) is 12.8 Å².